The van der Waals surface area contributed by atoms with Gasteiger partial charge in [0.05, 0.1) is 5.01 Å². The maximum atomic E-state index is 11.6. The van der Waals surface area contributed by atoms with Crippen LogP contribution in [-0.2, 0) is 6.42 Å². The summed E-state index contributed by atoms with van der Waals surface area (Å²) in [6.07, 6.45) is 1.73. The number of hydrogen-bond acceptors (Lipinski definition) is 4. The molecule has 0 spiro atoms. The highest BCUT2D eigenvalue weighted by Crippen LogP contribution is 2.14. The average molecular weight is 314 g/mol. The molecule has 7 heteroatoms. The van der Waals surface area contributed by atoms with Gasteiger partial charge >= 0.3 is 0 Å². The lowest BCUT2D eigenvalue weighted by Gasteiger charge is -2.01. The van der Waals surface area contributed by atoms with E-state index >= 15 is 0 Å². The quantitative estimate of drug-likeness (QED) is 0.792. The predicted molar refractivity (Wildman–Crippen MR) is 81.2 cm³/mol. The molecule has 3 N–H and O–H groups in total. The molecule has 1 amide bonds. The van der Waals surface area contributed by atoms with E-state index in [2.05, 4.69) is 24.1 Å². The number of aromatic nitrogens is 1. The molecule has 1 aromatic rings. The highest BCUT2D eigenvalue weighted by Gasteiger charge is 2.10. The Morgan fingerprint density at radius 1 is 1.50 bits per heavy atom. The number of halogens is 2. The number of hydrogen-bond donors (Lipinski definition) is 2. The lowest BCUT2D eigenvalue weighted by atomic mass is 10.1. The van der Waals surface area contributed by atoms with Crippen molar-refractivity contribution in [2.45, 2.75) is 26.7 Å². The van der Waals surface area contributed by atoms with Gasteiger partial charge in [-0.15, -0.1) is 36.2 Å². The molecule has 0 fully saturated rings. The predicted octanol–water partition coefficient (Wildman–Crippen LogP) is 2.26. The lowest BCUT2D eigenvalue weighted by molar-refractivity contribution is 0.0949. The van der Waals surface area contributed by atoms with E-state index in [0.29, 0.717) is 24.7 Å². The van der Waals surface area contributed by atoms with E-state index in [1.807, 2.05) is 5.38 Å². The van der Waals surface area contributed by atoms with Crippen LogP contribution in [0.15, 0.2) is 5.38 Å². The number of nitrogens with one attached hydrogen (secondary N) is 1. The normalized spacial score (nSPS) is 9.56. The molecule has 0 unspecified atom stereocenters. The average Bonchev–Trinajstić information content (AvgIpc) is 2.65. The summed E-state index contributed by atoms with van der Waals surface area (Å²) in [5.41, 5.74) is 5.87. The molecule has 1 aromatic heterocycles. The van der Waals surface area contributed by atoms with Crippen molar-refractivity contribution in [3.63, 3.8) is 0 Å². The van der Waals surface area contributed by atoms with Gasteiger partial charge in [-0.2, -0.15) is 0 Å². The van der Waals surface area contributed by atoms with Gasteiger partial charge in [0.1, 0.15) is 5.69 Å². The molecular weight excluding hydrogens is 293 g/mol. The molecule has 0 aliphatic heterocycles. The summed E-state index contributed by atoms with van der Waals surface area (Å²) >= 11 is 1.55. The van der Waals surface area contributed by atoms with Crippen LogP contribution in [0.2, 0.25) is 0 Å². The van der Waals surface area contributed by atoms with E-state index in [1.54, 1.807) is 11.3 Å². The third-order valence-corrected chi connectivity index (χ3v) is 2.90. The van der Waals surface area contributed by atoms with Crippen LogP contribution in [0.5, 0.6) is 0 Å². The summed E-state index contributed by atoms with van der Waals surface area (Å²) < 4.78 is 0. The molecule has 0 saturated heterocycles. The fourth-order valence-electron chi connectivity index (χ4n) is 1.25. The number of thiazole rings is 1. The number of rotatable bonds is 6. The van der Waals surface area contributed by atoms with Crippen molar-refractivity contribution >= 4 is 42.1 Å². The Balaban J connectivity index is 0. The first-order valence-corrected chi connectivity index (χ1v) is 6.44. The van der Waals surface area contributed by atoms with Crippen molar-refractivity contribution in [3.8, 4) is 0 Å². The summed E-state index contributed by atoms with van der Waals surface area (Å²) in [5.74, 6) is 0.471. The molecule has 0 bridgehead atoms. The minimum absolute atomic E-state index is 0. The van der Waals surface area contributed by atoms with Gasteiger partial charge in [0, 0.05) is 18.3 Å². The summed E-state index contributed by atoms with van der Waals surface area (Å²) in [6.45, 7) is 5.49. The third-order valence-electron chi connectivity index (χ3n) is 2.03. The van der Waals surface area contributed by atoms with Crippen LogP contribution in [0.25, 0.3) is 0 Å². The molecule has 4 nitrogen and oxygen atoms in total. The number of nitrogens with zero attached hydrogens (tertiary/aromatic N) is 1. The second-order valence-electron chi connectivity index (χ2n) is 4.12. The second kappa shape index (κ2) is 10.6. The largest absolute Gasteiger partial charge is 0.351 e. The topological polar surface area (TPSA) is 68.0 Å². The van der Waals surface area contributed by atoms with Crippen LogP contribution in [0.4, 0.5) is 0 Å². The molecule has 0 atom stereocenters. The third kappa shape index (κ3) is 7.16. The minimum Gasteiger partial charge on any atom is -0.351 e. The van der Waals surface area contributed by atoms with Crippen molar-refractivity contribution in [3.05, 3.63) is 16.1 Å². The molecule has 1 heterocycles. The van der Waals surface area contributed by atoms with Crippen molar-refractivity contribution in [1.29, 1.82) is 0 Å². The van der Waals surface area contributed by atoms with Gasteiger partial charge in [-0.3, -0.25) is 4.79 Å². The molecule has 0 saturated carbocycles. The Labute approximate surface area is 125 Å². The Morgan fingerprint density at radius 2 is 2.17 bits per heavy atom. The number of carbonyl (C=O) groups is 1. The van der Waals surface area contributed by atoms with Crippen LogP contribution in [0.3, 0.4) is 0 Å². The van der Waals surface area contributed by atoms with E-state index < -0.39 is 0 Å². The smallest absolute Gasteiger partial charge is 0.270 e. The Morgan fingerprint density at radius 3 is 2.72 bits per heavy atom. The van der Waals surface area contributed by atoms with Gasteiger partial charge in [0.2, 0.25) is 0 Å². The van der Waals surface area contributed by atoms with Gasteiger partial charge in [-0.25, -0.2) is 4.98 Å². The summed E-state index contributed by atoms with van der Waals surface area (Å²) in [6, 6.07) is 0. The maximum absolute atomic E-state index is 11.6. The van der Waals surface area contributed by atoms with E-state index in [9.17, 15) is 4.79 Å². The first-order chi connectivity index (χ1) is 7.63. The van der Waals surface area contributed by atoms with E-state index in [1.165, 1.54) is 0 Å². The fraction of sp³-hybridized carbons (Fsp3) is 0.636. The van der Waals surface area contributed by atoms with Crippen LogP contribution in [-0.4, -0.2) is 24.0 Å². The zero-order valence-electron chi connectivity index (χ0n) is 10.6. The minimum atomic E-state index is -0.0975. The molecule has 0 aliphatic rings. The van der Waals surface area contributed by atoms with Crippen LogP contribution < -0.4 is 11.1 Å². The van der Waals surface area contributed by atoms with Crippen LogP contribution >= 0.6 is 36.2 Å². The zero-order valence-corrected chi connectivity index (χ0v) is 13.1. The van der Waals surface area contributed by atoms with Crippen molar-refractivity contribution in [2.24, 2.45) is 11.7 Å². The molecule has 18 heavy (non-hydrogen) atoms. The standard InChI is InChI=1S/C11H19N3OS.2ClH/c1-8(2)6-10-14-9(7-16-10)11(15)13-5-3-4-12;;/h7-8H,3-6,12H2,1-2H3,(H,13,15);2*1H. The van der Waals surface area contributed by atoms with E-state index in [0.717, 1.165) is 17.8 Å². The fourth-order valence-corrected chi connectivity index (χ4v) is 2.24. The van der Waals surface area contributed by atoms with Gasteiger partial charge < -0.3 is 11.1 Å². The Kier molecular flexibility index (Phi) is 11.7. The monoisotopic (exact) mass is 313 g/mol. The summed E-state index contributed by atoms with van der Waals surface area (Å²) in [4.78, 5) is 15.9. The molecule has 0 radical (unpaired) electrons. The van der Waals surface area contributed by atoms with Gasteiger partial charge in [-0.05, 0) is 18.9 Å². The highest BCUT2D eigenvalue weighted by atomic mass is 35.5. The number of carbonyl (C=O) groups excluding carboxylic acids is 1. The van der Waals surface area contributed by atoms with Crippen molar-refractivity contribution in [2.75, 3.05) is 13.1 Å². The molecule has 1 rings (SSSR count). The van der Waals surface area contributed by atoms with Gasteiger partial charge in [-0.1, -0.05) is 13.8 Å². The van der Waals surface area contributed by atoms with Crippen molar-refractivity contribution in [1.82, 2.24) is 10.3 Å². The van der Waals surface area contributed by atoms with Gasteiger partial charge in [0.25, 0.3) is 5.91 Å². The zero-order chi connectivity index (χ0) is 12.0. The first-order valence-electron chi connectivity index (χ1n) is 5.56. The SMILES string of the molecule is CC(C)Cc1nc(C(=O)NCCCN)cs1.Cl.Cl. The number of amides is 1. The van der Waals surface area contributed by atoms with E-state index in [4.69, 9.17) is 5.73 Å². The number of nitrogens with two attached hydrogens (primary N) is 1. The molecular formula is C11H21Cl2N3OS. The molecule has 0 aromatic carbocycles. The van der Waals surface area contributed by atoms with Crippen LogP contribution in [0, 0.1) is 5.92 Å². The first kappa shape index (κ1) is 20.0. The maximum Gasteiger partial charge on any atom is 0.270 e. The van der Waals surface area contributed by atoms with Crippen molar-refractivity contribution < 1.29 is 4.79 Å². The highest BCUT2D eigenvalue weighted by molar-refractivity contribution is 7.09. The summed E-state index contributed by atoms with van der Waals surface area (Å²) in [5, 5.41) is 5.63. The second-order valence-corrected chi connectivity index (χ2v) is 5.07. The summed E-state index contributed by atoms with van der Waals surface area (Å²) in [7, 11) is 0. The van der Waals surface area contributed by atoms with Gasteiger partial charge in [0.15, 0.2) is 0 Å². The molecule has 0 aliphatic carbocycles. The molecule has 106 valence electrons. The Bertz CT molecular complexity index is 345. The Hall–Kier alpha value is -0.360. The van der Waals surface area contributed by atoms with Crippen LogP contribution in [0.1, 0.15) is 35.8 Å². The van der Waals surface area contributed by atoms with E-state index in [-0.39, 0.29) is 30.7 Å². The lowest BCUT2D eigenvalue weighted by Crippen LogP contribution is -2.26.